The number of hydrogen-bond donors (Lipinski definition) is 3. The standard InChI is InChI=1S/C12H10FN5/c13-11-2-1-9(5-8(11)7-14)17-10-3-4-16-12(6-10)18-15/h1-6H,15H2,(H2,16,17,18). The number of nitrogens with two attached hydrogens (primary N) is 1. The number of hydrazine groups is 1. The molecule has 0 atom stereocenters. The van der Waals surface area contributed by atoms with Crippen LogP contribution >= 0.6 is 0 Å². The van der Waals surface area contributed by atoms with E-state index in [1.807, 2.05) is 0 Å². The van der Waals surface area contributed by atoms with Gasteiger partial charge in [-0.2, -0.15) is 5.26 Å². The lowest BCUT2D eigenvalue weighted by molar-refractivity contribution is 0.624. The molecule has 0 saturated carbocycles. The molecule has 5 nitrogen and oxygen atoms in total. The first-order valence-electron chi connectivity index (χ1n) is 5.12. The lowest BCUT2D eigenvalue weighted by atomic mass is 10.2. The summed E-state index contributed by atoms with van der Waals surface area (Å²) in [7, 11) is 0. The molecule has 0 saturated heterocycles. The SMILES string of the molecule is N#Cc1cc(Nc2ccnc(NN)c2)ccc1F. The van der Waals surface area contributed by atoms with E-state index in [4.69, 9.17) is 11.1 Å². The first kappa shape index (κ1) is 11.8. The molecule has 90 valence electrons. The number of nitrogens with one attached hydrogen (secondary N) is 2. The van der Waals surface area contributed by atoms with Gasteiger partial charge in [-0.05, 0) is 24.3 Å². The Hall–Kier alpha value is -2.65. The molecule has 1 aromatic carbocycles. The zero-order chi connectivity index (χ0) is 13.0. The quantitative estimate of drug-likeness (QED) is 0.567. The van der Waals surface area contributed by atoms with Crippen LogP contribution in [0, 0.1) is 17.1 Å². The number of nitriles is 1. The molecule has 0 aliphatic heterocycles. The predicted octanol–water partition coefficient (Wildman–Crippen LogP) is 2.12. The second-order valence-electron chi connectivity index (χ2n) is 3.51. The molecule has 0 bridgehead atoms. The van der Waals surface area contributed by atoms with Crippen LogP contribution in [0.5, 0.6) is 0 Å². The maximum absolute atomic E-state index is 13.1. The van der Waals surface area contributed by atoms with Crippen LogP contribution < -0.4 is 16.6 Å². The first-order valence-corrected chi connectivity index (χ1v) is 5.12. The maximum atomic E-state index is 13.1. The molecule has 0 fully saturated rings. The largest absolute Gasteiger partial charge is 0.355 e. The average Bonchev–Trinajstić information content (AvgIpc) is 2.41. The number of aromatic nitrogens is 1. The van der Waals surface area contributed by atoms with E-state index in [-0.39, 0.29) is 5.56 Å². The van der Waals surface area contributed by atoms with Gasteiger partial charge in [-0.1, -0.05) is 0 Å². The minimum Gasteiger partial charge on any atom is -0.355 e. The van der Waals surface area contributed by atoms with Crippen LogP contribution in [0.3, 0.4) is 0 Å². The summed E-state index contributed by atoms with van der Waals surface area (Å²) in [6, 6.07) is 9.43. The van der Waals surface area contributed by atoms with E-state index in [0.717, 1.165) is 5.69 Å². The number of nitrogen functional groups attached to an aromatic ring is 1. The van der Waals surface area contributed by atoms with E-state index in [0.29, 0.717) is 11.5 Å². The molecule has 18 heavy (non-hydrogen) atoms. The van der Waals surface area contributed by atoms with Gasteiger partial charge in [0.2, 0.25) is 0 Å². The van der Waals surface area contributed by atoms with Gasteiger partial charge in [0.1, 0.15) is 17.7 Å². The molecule has 0 unspecified atom stereocenters. The summed E-state index contributed by atoms with van der Waals surface area (Å²) in [5.74, 6) is 5.21. The molecule has 2 aromatic rings. The molecule has 1 heterocycles. The molecule has 4 N–H and O–H groups in total. The van der Waals surface area contributed by atoms with Crippen LogP contribution in [0.4, 0.5) is 21.6 Å². The molecule has 6 heteroatoms. The normalized spacial score (nSPS) is 9.61. The average molecular weight is 243 g/mol. The van der Waals surface area contributed by atoms with E-state index in [1.165, 1.54) is 12.1 Å². The zero-order valence-electron chi connectivity index (χ0n) is 9.31. The Kier molecular flexibility index (Phi) is 3.36. The Morgan fingerprint density at radius 2 is 2.00 bits per heavy atom. The second kappa shape index (κ2) is 5.12. The summed E-state index contributed by atoms with van der Waals surface area (Å²) < 4.78 is 13.1. The van der Waals surface area contributed by atoms with E-state index in [1.54, 1.807) is 30.5 Å². The summed E-state index contributed by atoms with van der Waals surface area (Å²) in [6.07, 6.45) is 1.58. The summed E-state index contributed by atoms with van der Waals surface area (Å²) in [5, 5.41) is 11.8. The fourth-order valence-electron chi connectivity index (χ4n) is 1.44. The number of rotatable bonds is 3. The number of pyridine rings is 1. The van der Waals surface area contributed by atoms with Gasteiger partial charge in [-0.15, -0.1) is 0 Å². The van der Waals surface area contributed by atoms with Crippen molar-refractivity contribution < 1.29 is 4.39 Å². The van der Waals surface area contributed by atoms with Gasteiger partial charge in [0.25, 0.3) is 0 Å². The summed E-state index contributed by atoms with van der Waals surface area (Å²) in [6.45, 7) is 0. The van der Waals surface area contributed by atoms with Crippen molar-refractivity contribution in [3.8, 4) is 6.07 Å². The monoisotopic (exact) mass is 243 g/mol. The number of anilines is 3. The second-order valence-corrected chi connectivity index (χ2v) is 3.51. The fourth-order valence-corrected chi connectivity index (χ4v) is 1.44. The first-order chi connectivity index (χ1) is 8.72. The van der Waals surface area contributed by atoms with E-state index in [2.05, 4.69) is 15.7 Å². The molecule has 0 spiro atoms. The Morgan fingerprint density at radius 3 is 2.72 bits per heavy atom. The van der Waals surface area contributed by atoms with Crippen molar-refractivity contribution in [3.63, 3.8) is 0 Å². The van der Waals surface area contributed by atoms with Gasteiger partial charge >= 0.3 is 0 Å². The highest BCUT2D eigenvalue weighted by atomic mass is 19.1. The molecule has 0 aliphatic carbocycles. The van der Waals surface area contributed by atoms with Gasteiger partial charge in [0.05, 0.1) is 5.56 Å². The van der Waals surface area contributed by atoms with Crippen molar-refractivity contribution in [3.05, 3.63) is 47.9 Å². The summed E-state index contributed by atoms with van der Waals surface area (Å²) in [5.41, 5.74) is 3.76. The van der Waals surface area contributed by atoms with Crippen LogP contribution in [0.15, 0.2) is 36.5 Å². The van der Waals surface area contributed by atoms with Gasteiger partial charge in [0.15, 0.2) is 0 Å². The smallest absolute Gasteiger partial charge is 0.141 e. The van der Waals surface area contributed by atoms with E-state index < -0.39 is 5.82 Å². The Labute approximate surface area is 103 Å². The third-order valence-electron chi connectivity index (χ3n) is 2.28. The number of nitrogens with zero attached hydrogens (tertiary/aromatic N) is 2. The minimum absolute atomic E-state index is 0.00812. The number of hydrogen-bond acceptors (Lipinski definition) is 5. The van der Waals surface area contributed by atoms with Crippen molar-refractivity contribution >= 4 is 17.2 Å². The van der Waals surface area contributed by atoms with Gasteiger partial charge in [-0.3, -0.25) is 0 Å². The molecule has 1 aromatic heterocycles. The lowest BCUT2D eigenvalue weighted by Gasteiger charge is -2.08. The fraction of sp³-hybridized carbons (Fsp3) is 0. The molecular formula is C12H10FN5. The predicted molar refractivity (Wildman–Crippen MR) is 66.4 cm³/mol. The molecule has 2 rings (SSSR count). The topological polar surface area (TPSA) is 86.8 Å². The van der Waals surface area contributed by atoms with Crippen molar-refractivity contribution in [1.29, 1.82) is 5.26 Å². The van der Waals surface area contributed by atoms with Crippen molar-refractivity contribution in [1.82, 2.24) is 4.98 Å². The maximum Gasteiger partial charge on any atom is 0.141 e. The Morgan fingerprint density at radius 1 is 1.22 bits per heavy atom. The summed E-state index contributed by atoms with van der Waals surface area (Å²) in [4.78, 5) is 3.96. The van der Waals surface area contributed by atoms with Crippen LogP contribution in [0.25, 0.3) is 0 Å². The minimum atomic E-state index is -0.540. The Balaban J connectivity index is 2.26. The zero-order valence-corrected chi connectivity index (χ0v) is 9.31. The molecule has 0 amide bonds. The van der Waals surface area contributed by atoms with Gasteiger partial charge in [0, 0.05) is 23.6 Å². The van der Waals surface area contributed by atoms with Crippen LogP contribution in [0.1, 0.15) is 5.56 Å². The Bertz CT molecular complexity index is 606. The molecule has 0 aliphatic rings. The third-order valence-corrected chi connectivity index (χ3v) is 2.28. The van der Waals surface area contributed by atoms with Crippen LogP contribution in [0.2, 0.25) is 0 Å². The van der Waals surface area contributed by atoms with Crippen molar-refractivity contribution in [2.45, 2.75) is 0 Å². The number of halogens is 1. The molecule has 0 radical (unpaired) electrons. The van der Waals surface area contributed by atoms with Crippen LogP contribution in [-0.4, -0.2) is 4.98 Å². The lowest BCUT2D eigenvalue weighted by Crippen LogP contribution is -2.08. The van der Waals surface area contributed by atoms with Crippen LogP contribution in [-0.2, 0) is 0 Å². The highest BCUT2D eigenvalue weighted by molar-refractivity contribution is 5.63. The third kappa shape index (κ3) is 2.53. The van der Waals surface area contributed by atoms with E-state index >= 15 is 0 Å². The van der Waals surface area contributed by atoms with Crippen molar-refractivity contribution in [2.75, 3.05) is 10.7 Å². The number of benzene rings is 1. The van der Waals surface area contributed by atoms with Crippen molar-refractivity contribution in [2.24, 2.45) is 5.84 Å². The van der Waals surface area contributed by atoms with Gasteiger partial charge < -0.3 is 10.7 Å². The highest BCUT2D eigenvalue weighted by Gasteiger charge is 2.03. The summed E-state index contributed by atoms with van der Waals surface area (Å²) >= 11 is 0. The van der Waals surface area contributed by atoms with Gasteiger partial charge in [-0.25, -0.2) is 15.2 Å². The highest BCUT2D eigenvalue weighted by Crippen LogP contribution is 2.20. The molecular weight excluding hydrogens is 233 g/mol. The van der Waals surface area contributed by atoms with E-state index in [9.17, 15) is 4.39 Å².